The van der Waals surface area contributed by atoms with E-state index < -0.39 is 0 Å². The number of halogens is 2. The fraction of sp³-hybridized carbons (Fsp3) is 0.154. The summed E-state index contributed by atoms with van der Waals surface area (Å²) in [7, 11) is 1.84. The van der Waals surface area contributed by atoms with Gasteiger partial charge in [-0.1, -0.05) is 6.07 Å². The van der Waals surface area contributed by atoms with Crippen molar-refractivity contribution in [3.05, 3.63) is 52.4 Å². The van der Waals surface area contributed by atoms with Crippen molar-refractivity contribution in [1.29, 1.82) is 0 Å². The highest BCUT2D eigenvalue weighted by molar-refractivity contribution is 9.10. The van der Waals surface area contributed by atoms with E-state index in [0.717, 1.165) is 21.5 Å². The van der Waals surface area contributed by atoms with Crippen LogP contribution in [0.25, 0.3) is 0 Å². The van der Waals surface area contributed by atoms with Crippen LogP contribution in [0.15, 0.2) is 41.0 Å². The van der Waals surface area contributed by atoms with Gasteiger partial charge in [-0.25, -0.2) is 9.37 Å². The number of hydrogen-bond acceptors (Lipinski definition) is 3. The molecule has 0 atom stereocenters. The van der Waals surface area contributed by atoms with E-state index in [-0.39, 0.29) is 5.82 Å². The normalized spacial score (nSPS) is 10.4. The van der Waals surface area contributed by atoms with Crippen LogP contribution in [0.2, 0.25) is 0 Å². The fourth-order valence-electron chi connectivity index (χ4n) is 1.73. The molecule has 0 radical (unpaired) electrons. The van der Waals surface area contributed by atoms with Gasteiger partial charge in [0.25, 0.3) is 0 Å². The van der Waals surface area contributed by atoms with Crippen molar-refractivity contribution in [3.63, 3.8) is 0 Å². The molecule has 5 heteroatoms. The molecule has 1 heterocycles. The quantitative estimate of drug-likeness (QED) is 0.946. The molecule has 2 aromatic rings. The summed E-state index contributed by atoms with van der Waals surface area (Å²) in [4.78, 5) is 6.15. The molecular weight excluding hydrogens is 297 g/mol. The molecule has 0 aliphatic rings. The summed E-state index contributed by atoms with van der Waals surface area (Å²) < 4.78 is 14.1. The summed E-state index contributed by atoms with van der Waals surface area (Å²) >= 11 is 3.36. The lowest BCUT2D eigenvalue weighted by atomic mass is 10.2. The summed E-state index contributed by atoms with van der Waals surface area (Å²) in [5.41, 5.74) is 7.34. The zero-order valence-electron chi connectivity index (χ0n) is 9.90. The van der Waals surface area contributed by atoms with E-state index in [1.165, 1.54) is 12.1 Å². The lowest BCUT2D eigenvalue weighted by molar-refractivity contribution is 0.628. The average molecular weight is 310 g/mol. The Morgan fingerprint density at radius 2 is 2.17 bits per heavy atom. The van der Waals surface area contributed by atoms with Gasteiger partial charge in [-0.3, -0.25) is 0 Å². The number of nitrogens with zero attached hydrogens (tertiary/aromatic N) is 2. The summed E-state index contributed by atoms with van der Waals surface area (Å²) in [6, 6.07) is 8.29. The van der Waals surface area contributed by atoms with Crippen molar-refractivity contribution in [2.75, 3.05) is 11.9 Å². The molecule has 0 spiro atoms. The van der Waals surface area contributed by atoms with Crippen molar-refractivity contribution in [2.24, 2.45) is 5.73 Å². The largest absolute Gasteiger partial charge is 0.329 e. The molecule has 0 unspecified atom stereocenters. The van der Waals surface area contributed by atoms with Gasteiger partial charge in [-0.15, -0.1) is 0 Å². The lowest BCUT2D eigenvalue weighted by Crippen LogP contribution is -2.15. The highest BCUT2D eigenvalue weighted by Gasteiger charge is 2.11. The van der Waals surface area contributed by atoms with Crippen molar-refractivity contribution in [3.8, 4) is 0 Å². The van der Waals surface area contributed by atoms with Crippen LogP contribution in [0, 0.1) is 5.82 Å². The van der Waals surface area contributed by atoms with Crippen molar-refractivity contribution in [2.45, 2.75) is 6.54 Å². The minimum Gasteiger partial charge on any atom is -0.329 e. The molecule has 0 bridgehead atoms. The maximum absolute atomic E-state index is 13.2. The zero-order chi connectivity index (χ0) is 13.1. The minimum atomic E-state index is -0.272. The number of anilines is 2. The smallest absolute Gasteiger partial charge is 0.137 e. The molecule has 0 aliphatic heterocycles. The second kappa shape index (κ2) is 5.46. The first kappa shape index (κ1) is 13.0. The van der Waals surface area contributed by atoms with Crippen LogP contribution in [0.3, 0.4) is 0 Å². The van der Waals surface area contributed by atoms with Crippen LogP contribution >= 0.6 is 15.9 Å². The second-order valence-electron chi connectivity index (χ2n) is 3.88. The Hall–Kier alpha value is -1.46. The summed E-state index contributed by atoms with van der Waals surface area (Å²) in [5.74, 6) is 0.456. The standard InChI is InChI=1S/C13H13BrFN3/c1-18(12-4-2-3-11(15)6-12)13-9(7-16)5-10(14)8-17-13/h2-6,8H,7,16H2,1H3. The summed E-state index contributed by atoms with van der Waals surface area (Å²) in [6.07, 6.45) is 1.70. The second-order valence-corrected chi connectivity index (χ2v) is 4.79. The number of nitrogens with two attached hydrogens (primary N) is 1. The van der Waals surface area contributed by atoms with E-state index >= 15 is 0 Å². The van der Waals surface area contributed by atoms with Crippen LogP contribution in [0.5, 0.6) is 0 Å². The molecule has 2 N–H and O–H groups in total. The lowest BCUT2D eigenvalue weighted by Gasteiger charge is -2.21. The molecule has 1 aromatic heterocycles. The third-order valence-corrected chi connectivity index (χ3v) is 3.08. The SMILES string of the molecule is CN(c1cccc(F)c1)c1ncc(Br)cc1CN. The van der Waals surface area contributed by atoms with Crippen molar-refractivity contribution < 1.29 is 4.39 Å². The van der Waals surface area contributed by atoms with Gasteiger partial charge < -0.3 is 10.6 Å². The number of benzene rings is 1. The van der Waals surface area contributed by atoms with Crippen LogP contribution in [-0.2, 0) is 6.54 Å². The van der Waals surface area contributed by atoms with Gasteiger partial charge >= 0.3 is 0 Å². The number of rotatable bonds is 3. The Morgan fingerprint density at radius 3 is 2.83 bits per heavy atom. The highest BCUT2D eigenvalue weighted by atomic mass is 79.9. The van der Waals surface area contributed by atoms with Gasteiger partial charge in [-0.2, -0.15) is 0 Å². The molecule has 0 aliphatic carbocycles. The molecule has 94 valence electrons. The Morgan fingerprint density at radius 1 is 1.39 bits per heavy atom. The van der Waals surface area contributed by atoms with Gasteiger partial charge in [0.05, 0.1) is 0 Å². The first-order valence-corrected chi connectivity index (χ1v) is 6.25. The summed E-state index contributed by atoms with van der Waals surface area (Å²) in [6.45, 7) is 0.376. The molecule has 0 amide bonds. The average Bonchev–Trinajstić information content (AvgIpc) is 2.37. The van der Waals surface area contributed by atoms with Gasteiger partial charge in [0, 0.05) is 35.5 Å². The third kappa shape index (κ3) is 2.68. The molecule has 0 fully saturated rings. The number of hydrogen-bond donors (Lipinski definition) is 1. The predicted molar refractivity (Wildman–Crippen MR) is 74.3 cm³/mol. The monoisotopic (exact) mass is 309 g/mol. The van der Waals surface area contributed by atoms with Crippen LogP contribution in [0.4, 0.5) is 15.9 Å². The number of aromatic nitrogens is 1. The molecule has 3 nitrogen and oxygen atoms in total. The zero-order valence-corrected chi connectivity index (χ0v) is 11.5. The van der Waals surface area contributed by atoms with Gasteiger partial charge in [0.1, 0.15) is 11.6 Å². The fourth-order valence-corrected chi connectivity index (χ4v) is 2.11. The van der Waals surface area contributed by atoms with E-state index in [0.29, 0.717) is 6.54 Å². The predicted octanol–water partition coefficient (Wildman–Crippen LogP) is 3.21. The third-order valence-electron chi connectivity index (χ3n) is 2.64. The molecule has 18 heavy (non-hydrogen) atoms. The van der Waals surface area contributed by atoms with E-state index in [1.54, 1.807) is 12.3 Å². The topological polar surface area (TPSA) is 42.2 Å². The Labute approximate surface area is 114 Å². The van der Waals surface area contributed by atoms with Crippen molar-refractivity contribution >= 4 is 27.4 Å². The molecular formula is C13H13BrFN3. The van der Waals surface area contributed by atoms with Gasteiger partial charge in [0.2, 0.25) is 0 Å². The number of pyridine rings is 1. The van der Waals surface area contributed by atoms with E-state index in [1.807, 2.05) is 24.1 Å². The molecule has 1 aromatic carbocycles. The molecule has 2 rings (SSSR count). The first-order valence-electron chi connectivity index (χ1n) is 5.45. The van der Waals surface area contributed by atoms with Crippen molar-refractivity contribution in [1.82, 2.24) is 4.98 Å². The molecule has 0 saturated heterocycles. The van der Waals surface area contributed by atoms with E-state index in [4.69, 9.17) is 5.73 Å². The first-order chi connectivity index (χ1) is 8.61. The van der Waals surface area contributed by atoms with E-state index in [9.17, 15) is 4.39 Å². The maximum Gasteiger partial charge on any atom is 0.137 e. The summed E-state index contributed by atoms with van der Waals surface area (Å²) in [5, 5.41) is 0. The van der Waals surface area contributed by atoms with Crippen LogP contribution in [-0.4, -0.2) is 12.0 Å². The highest BCUT2D eigenvalue weighted by Crippen LogP contribution is 2.27. The Balaban J connectivity index is 2.42. The Bertz CT molecular complexity index is 560. The van der Waals surface area contributed by atoms with Crippen LogP contribution < -0.4 is 10.6 Å². The Kier molecular flexibility index (Phi) is 3.93. The molecule has 0 saturated carbocycles. The van der Waals surface area contributed by atoms with Crippen LogP contribution in [0.1, 0.15) is 5.56 Å². The van der Waals surface area contributed by atoms with E-state index in [2.05, 4.69) is 20.9 Å². The van der Waals surface area contributed by atoms with Gasteiger partial charge in [-0.05, 0) is 40.2 Å². The van der Waals surface area contributed by atoms with Gasteiger partial charge in [0.15, 0.2) is 0 Å². The maximum atomic E-state index is 13.2. The minimum absolute atomic E-state index is 0.272.